The Bertz CT molecular complexity index is 807. The van der Waals surface area contributed by atoms with Gasteiger partial charge in [-0.05, 0) is 25.1 Å². The molecule has 2 N–H and O–H groups in total. The first-order valence-corrected chi connectivity index (χ1v) is 6.42. The Morgan fingerprint density at radius 2 is 2.10 bits per heavy atom. The van der Waals surface area contributed by atoms with Crippen LogP contribution in [0.1, 0.15) is 16.1 Å². The third kappa shape index (κ3) is 1.94. The SMILES string of the molecule is Cc1[nH]c2c(Cl)cccc2c1-c1ccc(C(=O)O)cn1. The van der Waals surface area contributed by atoms with E-state index < -0.39 is 5.97 Å². The molecule has 20 heavy (non-hydrogen) atoms. The lowest BCUT2D eigenvalue weighted by molar-refractivity contribution is 0.0696. The molecule has 0 aliphatic heterocycles. The molecule has 3 aromatic rings. The number of halogens is 1. The molecule has 0 aliphatic carbocycles. The van der Waals surface area contributed by atoms with Crippen LogP contribution < -0.4 is 0 Å². The molecule has 0 bridgehead atoms. The number of aryl methyl sites for hydroxylation is 1. The Kier molecular flexibility index (Phi) is 2.95. The number of carbonyl (C=O) groups is 1. The van der Waals surface area contributed by atoms with Crippen LogP contribution in [0, 0.1) is 6.92 Å². The van der Waals surface area contributed by atoms with Gasteiger partial charge in [-0.15, -0.1) is 0 Å². The minimum absolute atomic E-state index is 0.171. The zero-order chi connectivity index (χ0) is 14.3. The highest BCUT2D eigenvalue weighted by Crippen LogP contribution is 2.34. The van der Waals surface area contributed by atoms with Crippen LogP contribution >= 0.6 is 11.6 Å². The van der Waals surface area contributed by atoms with E-state index >= 15 is 0 Å². The highest BCUT2D eigenvalue weighted by atomic mass is 35.5. The molecule has 0 spiro atoms. The first-order valence-electron chi connectivity index (χ1n) is 6.04. The van der Waals surface area contributed by atoms with Crippen molar-refractivity contribution in [2.45, 2.75) is 6.92 Å². The van der Waals surface area contributed by atoms with E-state index in [9.17, 15) is 4.79 Å². The van der Waals surface area contributed by atoms with Gasteiger partial charge < -0.3 is 10.1 Å². The summed E-state index contributed by atoms with van der Waals surface area (Å²) in [4.78, 5) is 18.3. The number of benzene rings is 1. The summed E-state index contributed by atoms with van der Waals surface area (Å²) >= 11 is 6.17. The van der Waals surface area contributed by atoms with Crippen LogP contribution in [0.25, 0.3) is 22.2 Å². The second kappa shape index (κ2) is 4.65. The van der Waals surface area contributed by atoms with Gasteiger partial charge in [-0.25, -0.2) is 4.79 Å². The predicted molar refractivity (Wildman–Crippen MR) is 78.2 cm³/mol. The molecule has 0 saturated heterocycles. The Balaban J connectivity index is 2.21. The molecule has 4 nitrogen and oxygen atoms in total. The topological polar surface area (TPSA) is 66.0 Å². The molecule has 3 rings (SSSR count). The predicted octanol–water partition coefficient (Wildman–Crippen LogP) is 3.89. The van der Waals surface area contributed by atoms with Crippen molar-refractivity contribution in [3.8, 4) is 11.3 Å². The number of H-pyrrole nitrogens is 1. The Labute approximate surface area is 120 Å². The van der Waals surface area contributed by atoms with Gasteiger partial charge in [0.25, 0.3) is 0 Å². The standard InChI is InChI=1S/C15H11ClN2O2/c1-8-13(10-3-2-4-11(16)14(10)18-8)12-6-5-9(7-17-12)15(19)20/h2-7,18H,1H3,(H,19,20). The smallest absolute Gasteiger partial charge is 0.337 e. The van der Waals surface area contributed by atoms with Crippen LogP contribution in [0.2, 0.25) is 5.02 Å². The molecule has 0 unspecified atom stereocenters. The summed E-state index contributed by atoms with van der Waals surface area (Å²) in [6.07, 6.45) is 1.36. The number of para-hydroxylation sites is 1. The lowest BCUT2D eigenvalue weighted by Crippen LogP contribution is -1.97. The summed E-state index contributed by atoms with van der Waals surface area (Å²) in [5.74, 6) is -0.984. The lowest BCUT2D eigenvalue weighted by atomic mass is 10.1. The molecule has 0 amide bonds. The maximum absolute atomic E-state index is 10.9. The van der Waals surface area contributed by atoms with E-state index in [-0.39, 0.29) is 5.56 Å². The summed E-state index contributed by atoms with van der Waals surface area (Å²) in [6.45, 7) is 1.94. The highest BCUT2D eigenvalue weighted by molar-refractivity contribution is 6.35. The average molecular weight is 287 g/mol. The third-order valence-electron chi connectivity index (χ3n) is 3.24. The largest absolute Gasteiger partial charge is 0.478 e. The third-order valence-corrected chi connectivity index (χ3v) is 3.55. The summed E-state index contributed by atoms with van der Waals surface area (Å²) in [7, 11) is 0. The van der Waals surface area contributed by atoms with Crippen molar-refractivity contribution in [2.75, 3.05) is 0 Å². The number of nitrogens with zero attached hydrogens (tertiary/aromatic N) is 1. The second-order valence-electron chi connectivity index (χ2n) is 4.52. The quantitative estimate of drug-likeness (QED) is 0.751. The van der Waals surface area contributed by atoms with Gasteiger partial charge in [-0.2, -0.15) is 0 Å². The summed E-state index contributed by atoms with van der Waals surface area (Å²) < 4.78 is 0. The van der Waals surface area contributed by atoms with E-state index in [2.05, 4.69) is 9.97 Å². The molecule has 100 valence electrons. The number of hydrogen-bond acceptors (Lipinski definition) is 2. The van der Waals surface area contributed by atoms with Gasteiger partial charge in [0, 0.05) is 22.8 Å². The molecule has 0 atom stereocenters. The zero-order valence-electron chi connectivity index (χ0n) is 10.6. The normalized spacial score (nSPS) is 10.9. The molecule has 0 aliphatic rings. The number of aromatic amines is 1. The highest BCUT2D eigenvalue weighted by Gasteiger charge is 2.14. The van der Waals surface area contributed by atoms with Crippen LogP contribution in [-0.4, -0.2) is 21.0 Å². The van der Waals surface area contributed by atoms with Gasteiger partial charge in [0.05, 0.1) is 21.8 Å². The summed E-state index contributed by atoms with van der Waals surface area (Å²) in [5.41, 5.74) is 3.65. The molecule has 5 heteroatoms. The van der Waals surface area contributed by atoms with Gasteiger partial charge in [-0.1, -0.05) is 23.7 Å². The van der Waals surface area contributed by atoms with Crippen LogP contribution in [0.15, 0.2) is 36.5 Å². The van der Waals surface area contributed by atoms with Crippen molar-refractivity contribution in [2.24, 2.45) is 0 Å². The van der Waals surface area contributed by atoms with Crippen molar-refractivity contribution in [3.63, 3.8) is 0 Å². The fourth-order valence-corrected chi connectivity index (χ4v) is 2.53. The second-order valence-corrected chi connectivity index (χ2v) is 4.93. The number of nitrogens with one attached hydrogen (secondary N) is 1. The Morgan fingerprint density at radius 1 is 1.30 bits per heavy atom. The summed E-state index contributed by atoms with van der Waals surface area (Å²) in [6, 6.07) is 8.93. The molecular weight excluding hydrogens is 276 g/mol. The van der Waals surface area contributed by atoms with Gasteiger partial charge >= 0.3 is 5.97 Å². The maximum atomic E-state index is 10.9. The number of pyridine rings is 1. The lowest BCUT2D eigenvalue weighted by Gasteiger charge is -2.02. The van der Waals surface area contributed by atoms with E-state index in [4.69, 9.17) is 16.7 Å². The van der Waals surface area contributed by atoms with Gasteiger partial charge in [-0.3, -0.25) is 4.98 Å². The number of hydrogen-bond donors (Lipinski definition) is 2. The fourth-order valence-electron chi connectivity index (χ4n) is 2.31. The van der Waals surface area contributed by atoms with Crippen molar-refractivity contribution in [1.82, 2.24) is 9.97 Å². The van der Waals surface area contributed by atoms with Gasteiger partial charge in [0.2, 0.25) is 0 Å². The van der Waals surface area contributed by atoms with E-state index in [1.54, 1.807) is 12.1 Å². The van der Waals surface area contributed by atoms with Gasteiger partial charge in [0.15, 0.2) is 0 Å². The molecular formula is C15H11ClN2O2. The number of carboxylic acid groups (broad SMARTS) is 1. The van der Waals surface area contributed by atoms with E-state index in [1.807, 2.05) is 25.1 Å². The first-order chi connectivity index (χ1) is 9.58. The van der Waals surface area contributed by atoms with Crippen molar-refractivity contribution >= 4 is 28.5 Å². The molecule has 0 fully saturated rings. The number of rotatable bonds is 2. The van der Waals surface area contributed by atoms with Gasteiger partial charge in [0.1, 0.15) is 0 Å². The fraction of sp³-hybridized carbons (Fsp3) is 0.0667. The minimum Gasteiger partial charge on any atom is -0.478 e. The number of carboxylic acids is 1. The number of aromatic nitrogens is 2. The minimum atomic E-state index is -0.984. The molecule has 2 aromatic heterocycles. The van der Waals surface area contributed by atoms with Crippen LogP contribution in [0.3, 0.4) is 0 Å². The van der Waals surface area contributed by atoms with E-state index in [0.29, 0.717) is 5.02 Å². The zero-order valence-corrected chi connectivity index (χ0v) is 11.4. The van der Waals surface area contributed by atoms with Crippen molar-refractivity contribution in [1.29, 1.82) is 0 Å². The molecule has 0 radical (unpaired) electrons. The van der Waals surface area contributed by atoms with Crippen molar-refractivity contribution in [3.05, 3.63) is 52.8 Å². The number of aromatic carboxylic acids is 1. The number of fused-ring (bicyclic) bond motifs is 1. The van der Waals surface area contributed by atoms with Crippen LogP contribution in [-0.2, 0) is 0 Å². The van der Waals surface area contributed by atoms with E-state index in [0.717, 1.165) is 27.9 Å². The molecule has 1 aromatic carbocycles. The molecule has 2 heterocycles. The van der Waals surface area contributed by atoms with Crippen molar-refractivity contribution < 1.29 is 9.90 Å². The monoisotopic (exact) mass is 286 g/mol. The summed E-state index contributed by atoms with van der Waals surface area (Å²) in [5, 5.41) is 10.5. The first kappa shape index (κ1) is 12.7. The van der Waals surface area contributed by atoms with E-state index in [1.165, 1.54) is 6.20 Å². The maximum Gasteiger partial charge on any atom is 0.337 e. The Morgan fingerprint density at radius 3 is 2.75 bits per heavy atom. The molecule has 0 saturated carbocycles. The van der Waals surface area contributed by atoms with Crippen LogP contribution in [0.4, 0.5) is 0 Å². The van der Waals surface area contributed by atoms with Crippen LogP contribution in [0.5, 0.6) is 0 Å². The average Bonchev–Trinajstić information content (AvgIpc) is 2.77. The Hall–Kier alpha value is -2.33.